The summed E-state index contributed by atoms with van der Waals surface area (Å²) in [5.74, 6) is -0.251. The maximum atomic E-state index is 11.9. The normalized spacial score (nSPS) is 15.4. The number of benzene rings is 1. The molecule has 20 heavy (non-hydrogen) atoms. The number of hydrogen-bond donors (Lipinski definition) is 2. The zero-order valence-electron chi connectivity index (χ0n) is 11.4. The fourth-order valence-corrected chi connectivity index (χ4v) is 2.63. The molecule has 6 heteroatoms. The monoisotopic (exact) mass is 271 g/mol. The first-order valence-corrected chi connectivity index (χ1v) is 6.90. The summed E-state index contributed by atoms with van der Waals surface area (Å²) in [4.78, 5) is 11.9. The summed E-state index contributed by atoms with van der Waals surface area (Å²) in [6.45, 7) is 1.96. The molecule has 1 aromatic carbocycles. The molecular formula is C14H17N5O. The Labute approximate surface area is 117 Å². The fraction of sp³-hybridized carbons (Fsp3) is 0.429. The van der Waals surface area contributed by atoms with E-state index >= 15 is 0 Å². The van der Waals surface area contributed by atoms with E-state index in [9.17, 15) is 4.79 Å². The van der Waals surface area contributed by atoms with Gasteiger partial charge in [-0.15, -0.1) is 10.2 Å². The molecule has 2 N–H and O–H groups in total. The lowest BCUT2D eigenvalue weighted by Crippen LogP contribution is -2.27. The van der Waals surface area contributed by atoms with Crippen LogP contribution in [0, 0.1) is 0 Å². The highest BCUT2D eigenvalue weighted by atomic mass is 16.2. The van der Waals surface area contributed by atoms with Crippen molar-refractivity contribution in [3.8, 4) is 0 Å². The average molecular weight is 271 g/mol. The van der Waals surface area contributed by atoms with Gasteiger partial charge in [-0.25, -0.2) is 0 Å². The van der Waals surface area contributed by atoms with Crippen molar-refractivity contribution < 1.29 is 4.79 Å². The number of aromatic amines is 1. The van der Waals surface area contributed by atoms with Gasteiger partial charge in [-0.05, 0) is 54.5 Å². The van der Waals surface area contributed by atoms with Gasteiger partial charge in [-0.3, -0.25) is 4.79 Å². The third-order valence-electron chi connectivity index (χ3n) is 3.77. The highest BCUT2D eigenvalue weighted by Gasteiger charge is 2.16. The van der Waals surface area contributed by atoms with Gasteiger partial charge < -0.3 is 5.32 Å². The molecule has 1 aliphatic carbocycles. The van der Waals surface area contributed by atoms with E-state index in [1.807, 2.05) is 6.92 Å². The first-order valence-electron chi connectivity index (χ1n) is 6.90. The Morgan fingerprint density at radius 3 is 2.85 bits per heavy atom. The van der Waals surface area contributed by atoms with Gasteiger partial charge in [0, 0.05) is 0 Å². The highest BCUT2D eigenvalue weighted by Crippen LogP contribution is 2.24. The van der Waals surface area contributed by atoms with Crippen molar-refractivity contribution in [3.05, 3.63) is 40.7 Å². The fourth-order valence-electron chi connectivity index (χ4n) is 2.63. The van der Waals surface area contributed by atoms with Crippen molar-refractivity contribution in [2.75, 3.05) is 0 Å². The van der Waals surface area contributed by atoms with Gasteiger partial charge in [0.2, 0.25) is 0 Å². The number of aromatic nitrogens is 4. The number of carbonyl (C=O) groups is 1. The minimum atomic E-state index is -0.316. The first-order chi connectivity index (χ1) is 9.74. The zero-order chi connectivity index (χ0) is 13.9. The SMILES string of the molecule is CC(NC(=O)c1nn[nH]n1)c1ccc2c(c1)CCCC2. The lowest BCUT2D eigenvalue weighted by molar-refractivity contribution is 0.0929. The molecule has 1 unspecified atom stereocenters. The Bertz CT molecular complexity index is 608. The summed E-state index contributed by atoms with van der Waals surface area (Å²) in [7, 11) is 0. The van der Waals surface area contributed by atoms with E-state index in [1.165, 1.54) is 30.4 Å². The van der Waals surface area contributed by atoms with Crippen LogP contribution in [0.25, 0.3) is 0 Å². The largest absolute Gasteiger partial charge is 0.343 e. The number of hydrogen-bond acceptors (Lipinski definition) is 4. The Hall–Kier alpha value is -2.24. The maximum Gasteiger partial charge on any atom is 0.293 e. The molecule has 1 aliphatic rings. The van der Waals surface area contributed by atoms with Crippen LogP contribution in [0.5, 0.6) is 0 Å². The van der Waals surface area contributed by atoms with Gasteiger partial charge in [-0.1, -0.05) is 18.2 Å². The van der Waals surface area contributed by atoms with E-state index in [4.69, 9.17) is 0 Å². The van der Waals surface area contributed by atoms with Crippen LogP contribution in [-0.4, -0.2) is 26.5 Å². The second-order valence-electron chi connectivity index (χ2n) is 5.17. The molecule has 6 nitrogen and oxygen atoms in total. The zero-order valence-corrected chi connectivity index (χ0v) is 11.4. The average Bonchev–Trinajstić information content (AvgIpc) is 3.01. The van der Waals surface area contributed by atoms with Crippen LogP contribution >= 0.6 is 0 Å². The van der Waals surface area contributed by atoms with Gasteiger partial charge in [-0.2, -0.15) is 5.21 Å². The van der Waals surface area contributed by atoms with Gasteiger partial charge >= 0.3 is 0 Å². The van der Waals surface area contributed by atoms with Gasteiger partial charge in [0.25, 0.3) is 11.7 Å². The van der Waals surface area contributed by atoms with Gasteiger partial charge in [0.1, 0.15) is 0 Å². The summed E-state index contributed by atoms with van der Waals surface area (Å²) in [6, 6.07) is 6.40. The van der Waals surface area contributed by atoms with E-state index in [-0.39, 0.29) is 17.8 Å². The van der Waals surface area contributed by atoms with Crippen molar-refractivity contribution in [1.29, 1.82) is 0 Å². The standard InChI is InChI=1S/C14H17N5O/c1-9(15-14(20)13-16-18-19-17-13)11-7-6-10-4-2-3-5-12(10)8-11/h6-9H,2-5H2,1H3,(H,15,20)(H,16,17,18,19). The Kier molecular flexibility index (Phi) is 3.45. The highest BCUT2D eigenvalue weighted by molar-refractivity contribution is 5.90. The Morgan fingerprint density at radius 1 is 1.30 bits per heavy atom. The predicted octanol–water partition coefficient (Wildman–Crippen LogP) is 1.57. The van der Waals surface area contributed by atoms with E-state index in [0.29, 0.717) is 0 Å². The number of fused-ring (bicyclic) bond motifs is 1. The number of carbonyl (C=O) groups excluding carboxylic acids is 1. The van der Waals surface area contributed by atoms with Crippen LogP contribution < -0.4 is 5.32 Å². The molecule has 0 saturated carbocycles. The van der Waals surface area contributed by atoms with Crippen molar-refractivity contribution in [2.45, 2.75) is 38.6 Å². The third kappa shape index (κ3) is 2.54. The van der Waals surface area contributed by atoms with Crippen LogP contribution in [0.1, 0.15) is 53.1 Å². The van der Waals surface area contributed by atoms with Crippen LogP contribution in [0.4, 0.5) is 0 Å². The second kappa shape index (κ2) is 5.40. The molecule has 0 spiro atoms. The van der Waals surface area contributed by atoms with Crippen molar-refractivity contribution in [2.24, 2.45) is 0 Å². The summed E-state index contributed by atoms with van der Waals surface area (Å²) in [5.41, 5.74) is 3.97. The first kappa shape index (κ1) is 12.8. The van der Waals surface area contributed by atoms with Crippen molar-refractivity contribution >= 4 is 5.91 Å². The topological polar surface area (TPSA) is 83.6 Å². The molecular weight excluding hydrogens is 254 g/mol. The molecule has 3 rings (SSSR count). The van der Waals surface area contributed by atoms with Crippen molar-refractivity contribution in [1.82, 2.24) is 25.9 Å². The second-order valence-corrected chi connectivity index (χ2v) is 5.17. The molecule has 0 saturated heterocycles. The molecule has 1 atom stereocenters. The van der Waals surface area contributed by atoms with Crippen LogP contribution in [0.2, 0.25) is 0 Å². The summed E-state index contributed by atoms with van der Waals surface area (Å²) in [5, 5.41) is 15.9. The van der Waals surface area contributed by atoms with E-state index in [1.54, 1.807) is 0 Å². The molecule has 104 valence electrons. The lowest BCUT2D eigenvalue weighted by atomic mass is 9.89. The number of amides is 1. The molecule has 1 heterocycles. The number of aryl methyl sites for hydroxylation is 2. The quantitative estimate of drug-likeness (QED) is 0.887. The maximum absolute atomic E-state index is 11.9. The molecule has 0 bridgehead atoms. The predicted molar refractivity (Wildman–Crippen MR) is 73.1 cm³/mol. The smallest absolute Gasteiger partial charge is 0.293 e. The molecule has 0 aliphatic heterocycles. The van der Waals surface area contributed by atoms with Gasteiger partial charge in [0.15, 0.2) is 0 Å². The molecule has 2 aromatic rings. The number of rotatable bonds is 3. The minimum absolute atomic E-state index is 0.0646. The number of tetrazole rings is 1. The van der Waals surface area contributed by atoms with E-state index in [0.717, 1.165) is 12.0 Å². The van der Waals surface area contributed by atoms with Crippen LogP contribution in [0.3, 0.4) is 0 Å². The van der Waals surface area contributed by atoms with Gasteiger partial charge in [0.05, 0.1) is 6.04 Å². The molecule has 1 amide bonds. The number of H-pyrrole nitrogens is 1. The summed E-state index contributed by atoms with van der Waals surface area (Å²) >= 11 is 0. The van der Waals surface area contributed by atoms with Crippen molar-refractivity contribution in [3.63, 3.8) is 0 Å². The third-order valence-corrected chi connectivity index (χ3v) is 3.77. The van der Waals surface area contributed by atoms with Crippen LogP contribution in [0.15, 0.2) is 18.2 Å². The van der Waals surface area contributed by atoms with E-state index in [2.05, 4.69) is 44.1 Å². The Balaban J connectivity index is 1.74. The molecule has 0 radical (unpaired) electrons. The summed E-state index contributed by atoms with van der Waals surface area (Å²) in [6.07, 6.45) is 4.82. The molecule has 1 aromatic heterocycles. The number of nitrogens with zero attached hydrogens (tertiary/aromatic N) is 3. The lowest BCUT2D eigenvalue weighted by Gasteiger charge is -2.19. The molecule has 0 fully saturated rings. The van der Waals surface area contributed by atoms with E-state index < -0.39 is 0 Å². The number of nitrogens with one attached hydrogen (secondary N) is 2. The Morgan fingerprint density at radius 2 is 2.10 bits per heavy atom. The summed E-state index contributed by atoms with van der Waals surface area (Å²) < 4.78 is 0. The minimum Gasteiger partial charge on any atom is -0.343 e. The van der Waals surface area contributed by atoms with Crippen LogP contribution in [-0.2, 0) is 12.8 Å².